The molecule has 0 saturated heterocycles. The van der Waals surface area contributed by atoms with Crippen molar-refractivity contribution in [1.29, 1.82) is 0 Å². The first-order valence-electron chi connectivity index (χ1n) is 9.40. The van der Waals surface area contributed by atoms with Crippen molar-refractivity contribution in [3.8, 4) is 11.5 Å². The Kier molecular flexibility index (Phi) is 6.49. The molecule has 7 heteroatoms. The normalized spacial score (nSPS) is 10.8. The van der Waals surface area contributed by atoms with Crippen molar-refractivity contribution in [3.63, 3.8) is 0 Å². The van der Waals surface area contributed by atoms with E-state index in [1.807, 2.05) is 44.2 Å². The first-order chi connectivity index (χ1) is 14.0. The molecular weight excluding hydrogens is 370 g/mol. The van der Waals surface area contributed by atoms with Crippen molar-refractivity contribution in [2.24, 2.45) is 0 Å². The predicted molar refractivity (Wildman–Crippen MR) is 110 cm³/mol. The molecule has 0 radical (unpaired) electrons. The molecular formula is C22H25N3O4. The molecule has 0 fully saturated rings. The first kappa shape index (κ1) is 20.4. The van der Waals surface area contributed by atoms with Crippen LogP contribution in [0.15, 0.2) is 47.0 Å². The Bertz CT molecular complexity index is 964. The fraction of sp³-hybridized carbons (Fsp3) is 0.318. The molecule has 7 nitrogen and oxygen atoms in total. The zero-order chi connectivity index (χ0) is 20.8. The van der Waals surface area contributed by atoms with E-state index in [2.05, 4.69) is 15.5 Å². The first-order valence-corrected chi connectivity index (χ1v) is 9.40. The minimum Gasteiger partial charge on any atom is -0.493 e. The van der Waals surface area contributed by atoms with Gasteiger partial charge >= 0.3 is 0 Å². The summed E-state index contributed by atoms with van der Waals surface area (Å²) >= 11 is 0. The third-order valence-corrected chi connectivity index (χ3v) is 4.39. The van der Waals surface area contributed by atoms with E-state index in [4.69, 9.17) is 14.0 Å². The third-order valence-electron chi connectivity index (χ3n) is 4.39. The lowest BCUT2D eigenvalue weighted by molar-refractivity contribution is -0.115. The zero-order valence-corrected chi connectivity index (χ0v) is 17.1. The van der Waals surface area contributed by atoms with Crippen LogP contribution in [0.5, 0.6) is 11.5 Å². The summed E-state index contributed by atoms with van der Waals surface area (Å²) in [6, 6.07) is 13.1. The molecule has 0 spiro atoms. The van der Waals surface area contributed by atoms with E-state index in [1.54, 1.807) is 26.4 Å². The van der Waals surface area contributed by atoms with E-state index in [0.717, 1.165) is 16.8 Å². The van der Waals surface area contributed by atoms with E-state index in [0.29, 0.717) is 29.6 Å². The number of benzene rings is 2. The van der Waals surface area contributed by atoms with Gasteiger partial charge in [0.1, 0.15) is 0 Å². The van der Waals surface area contributed by atoms with Crippen LogP contribution in [0.2, 0.25) is 0 Å². The SMILES string of the molecule is COc1ccc(CC(=O)Nc2ccc(Cc3noc(C(C)C)n3)cc2)cc1OC. The third kappa shape index (κ3) is 5.34. The number of ether oxygens (including phenoxy) is 2. The van der Waals surface area contributed by atoms with Crippen molar-refractivity contribution >= 4 is 11.6 Å². The monoisotopic (exact) mass is 395 g/mol. The number of amides is 1. The number of carbonyl (C=O) groups excluding carboxylic acids is 1. The molecule has 0 aliphatic carbocycles. The van der Waals surface area contributed by atoms with Gasteiger partial charge in [0, 0.05) is 18.0 Å². The van der Waals surface area contributed by atoms with Crippen molar-refractivity contribution < 1.29 is 18.8 Å². The number of rotatable bonds is 8. The minimum absolute atomic E-state index is 0.107. The zero-order valence-electron chi connectivity index (χ0n) is 17.1. The molecule has 152 valence electrons. The van der Waals surface area contributed by atoms with Crippen LogP contribution in [0.3, 0.4) is 0 Å². The van der Waals surface area contributed by atoms with Gasteiger partial charge in [-0.3, -0.25) is 4.79 Å². The lowest BCUT2D eigenvalue weighted by Gasteiger charge is -2.10. The summed E-state index contributed by atoms with van der Waals surface area (Å²) in [5, 5.41) is 6.91. The summed E-state index contributed by atoms with van der Waals surface area (Å²) in [6.07, 6.45) is 0.818. The number of hydrogen-bond acceptors (Lipinski definition) is 6. The second-order valence-corrected chi connectivity index (χ2v) is 6.99. The summed E-state index contributed by atoms with van der Waals surface area (Å²) < 4.78 is 15.7. The van der Waals surface area contributed by atoms with Gasteiger partial charge in [-0.25, -0.2) is 0 Å². The van der Waals surface area contributed by atoms with Gasteiger partial charge in [-0.2, -0.15) is 4.98 Å². The molecule has 3 rings (SSSR count). The van der Waals surface area contributed by atoms with Crippen molar-refractivity contribution in [2.45, 2.75) is 32.6 Å². The van der Waals surface area contributed by atoms with Gasteiger partial charge in [0.25, 0.3) is 0 Å². The Balaban J connectivity index is 1.58. The van der Waals surface area contributed by atoms with Gasteiger partial charge in [-0.1, -0.05) is 37.2 Å². The molecule has 3 aromatic rings. The number of carbonyl (C=O) groups is 1. The van der Waals surface area contributed by atoms with Gasteiger partial charge in [0.05, 0.1) is 20.6 Å². The molecule has 1 N–H and O–H groups in total. The van der Waals surface area contributed by atoms with Gasteiger partial charge < -0.3 is 19.3 Å². The second-order valence-electron chi connectivity index (χ2n) is 6.99. The lowest BCUT2D eigenvalue weighted by Crippen LogP contribution is -2.14. The number of nitrogens with one attached hydrogen (secondary N) is 1. The maximum Gasteiger partial charge on any atom is 0.229 e. The fourth-order valence-corrected chi connectivity index (χ4v) is 2.84. The molecule has 1 aromatic heterocycles. The summed E-state index contributed by atoms with van der Waals surface area (Å²) in [5.74, 6) is 2.63. The van der Waals surface area contributed by atoms with Crippen LogP contribution >= 0.6 is 0 Å². The summed E-state index contributed by atoms with van der Waals surface area (Å²) in [7, 11) is 3.15. The predicted octanol–water partition coefficient (Wildman–Crippen LogP) is 3.98. The molecule has 1 amide bonds. The lowest BCUT2D eigenvalue weighted by atomic mass is 10.1. The minimum atomic E-state index is -0.107. The van der Waals surface area contributed by atoms with Crippen molar-refractivity contribution in [3.05, 3.63) is 65.3 Å². The van der Waals surface area contributed by atoms with Crippen LogP contribution in [0, 0.1) is 0 Å². The number of anilines is 1. The Morgan fingerprint density at radius 2 is 1.72 bits per heavy atom. The number of hydrogen-bond donors (Lipinski definition) is 1. The number of methoxy groups -OCH3 is 2. The molecule has 0 atom stereocenters. The molecule has 0 unspecified atom stereocenters. The van der Waals surface area contributed by atoms with Crippen LogP contribution in [-0.2, 0) is 17.6 Å². The highest BCUT2D eigenvalue weighted by Gasteiger charge is 2.11. The highest BCUT2D eigenvalue weighted by molar-refractivity contribution is 5.92. The van der Waals surface area contributed by atoms with E-state index >= 15 is 0 Å². The topological polar surface area (TPSA) is 86.5 Å². The maximum absolute atomic E-state index is 12.4. The van der Waals surface area contributed by atoms with Crippen LogP contribution in [0.4, 0.5) is 5.69 Å². The highest BCUT2D eigenvalue weighted by Crippen LogP contribution is 2.27. The molecule has 29 heavy (non-hydrogen) atoms. The van der Waals surface area contributed by atoms with E-state index < -0.39 is 0 Å². The van der Waals surface area contributed by atoms with Crippen LogP contribution in [0.25, 0.3) is 0 Å². The van der Waals surface area contributed by atoms with Gasteiger partial charge in [0.15, 0.2) is 17.3 Å². The number of aromatic nitrogens is 2. The maximum atomic E-state index is 12.4. The van der Waals surface area contributed by atoms with Crippen LogP contribution in [-0.4, -0.2) is 30.3 Å². The average molecular weight is 395 g/mol. The largest absolute Gasteiger partial charge is 0.493 e. The molecule has 0 aliphatic heterocycles. The fourth-order valence-electron chi connectivity index (χ4n) is 2.84. The molecule has 0 aliphatic rings. The Labute approximate surface area is 170 Å². The van der Waals surface area contributed by atoms with Crippen LogP contribution < -0.4 is 14.8 Å². The van der Waals surface area contributed by atoms with Gasteiger partial charge in [-0.05, 0) is 35.4 Å². The highest BCUT2D eigenvalue weighted by atomic mass is 16.5. The van der Waals surface area contributed by atoms with Gasteiger partial charge in [0.2, 0.25) is 11.8 Å². The van der Waals surface area contributed by atoms with E-state index in [-0.39, 0.29) is 18.2 Å². The molecule has 0 bridgehead atoms. The molecule has 0 saturated carbocycles. The summed E-state index contributed by atoms with van der Waals surface area (Å²) in [6.45, 7) is 4.02. The van der Waals surface area contributed by atoms with Crippen LogP contribution in [0.1, 0.15) is 42.6 Å². The Morgan fingerprint density at radius 1 is 1.03 bits per heavy atom. The smallest absolute Gasteiger partial charge is 0.229 e. The summed E-state index contributed by atoms with van der Waals surface area (Å²) in [4.78, 5) is 16.7. The van der Waals surface area contributed by atoms with Crippen molar-refractivity contribution in [1.82, 2.24) is 10.1 Å². The van der Waals surface area contributed by atoms with Crippen molar-refractivity contribution in [2.75, 3.05) is 19.5 Å². The number of nitrogens with zero attached hydrogens (tertiary/aromatic N) is 2. The van der Waals surface area contributed by atoms with Gasteiger partial charge in [-0.15, -0.1) is 0 Å². The second kappa shape index (κ2) is 9.23. The molecule has 1 heterocycles. The van der Waals surface area contributed by atoms with E-state index in [1.165, 1.54) is 0 Å². The molecule has 2 aromatic carbocycles. The van der Waals surface area contributed by atoms with E-state index in [9.17, 15) is 4.79 Å². The average Bonchev–Trinajstić information content (AvgIpc) is 3.18. The quantitative estimate of drug-likeness (QED) is 0.621. The summed E-state index contributed by atoms with van der Waals surface area (Å²) in [5.41, 5.74) is 2.61. The Morgan fingerprint density at radius 3 is 2.34 bits per heavy atom. The Hall–Kier alpha value is -3.35. The standard InChI is InChI=1S/C22H25N3O4/c1-14(2)22-24-20(25-29-22)12-15-5-8-17(9-6-15)23-21(26)13-16-7-10-18(27-3)19(11-16)28-4/h5-11,14H,12-13H2,1-4H3,(H,23,26).